The molecule has 0 radical (unpaired) electrons. The highest BCUT2D eigenvalue weighted by molar-refractivity contribution is 5.30. The third-order valence-electron chi connectivity index (χ3n) is 2.36. The van der Waals surface area contributed by atoms with E-state index < -0.39 is 0 Å². The van der Waals surface area contributed by atoms with Crippen LogP contribution in [0.3, 0.4) is 0 Å². The quantitative estimate of drug-likeness (QED) is 0.849. The van der Waals surface area contributed by atoms with Gasteiger partial charge in [0.15, 0.2) is 11.6 Å². The lowest BCUT2D eigenvalue weighted by Crippen LogP contribution is -2.24. The lowest BCUT2D eigenvalue weighted by Gasteiger charge is -2.06. The second kappa shape index (κ2) is 5.44. The van der Waals surface area contributed by atoms with Crippen molar-refractivity contribution < 1.29 is 4.52 Å². The lowest BCUT2D eigenvalue weighted by atomic mass is 10.4. The largest absolute Gasteiger partial charge is 0.358 e. The molecular formula is C11H15N5O2. The van der Waals surface area contributed by atoms with Gasteiger partial charge in [-0.15, -0.1) is 0 Å². The molecule has 7 nitrogen and oxygen atoms in total. The zero-order valence-corrected chi connectivity index (χ0v) is 10.4. The molecule has 0 aliphatic rings. The SMILES string of the molecule is CCCn1ccnc(NCc2noc(C)n2)c1=O. The van der Waals surface area contributed by atoms with Gasteiger partial charge in [-0.2, -0.15) is 4.98 Å². The van der Waals surface area contributed by atoms with Gasteiger partial charge >= 0.3 is 0 Å². The highest BCUT2D eigenvalue weighted by atomic mass is 16.5. The first-order valence-electron chi connectivity index (χ1n) is 5.79. The summed E-state index contributed by atoms with van der Waals surface area (Å²) in [7, 11) is 0. The van der Waals surface area contributed by atoms with E-state index in [9.17, 15) is 4.79 Å². The van der Waals surface area contributed by atoms with Gasteiger partial charge in [0.25, 0.3) is 5.56 Å². The molecule has 0 aliphatic heterocycles. The van der Waals surface area contributed by atoms with Crippen LogP contribution in [-0.2, 0) is 13.1 Å². The molecule has 0 fully saturated rings. The van der Waals surface area contributed by atoms with Gasteiger partial charge in [-0.3, -0.25) is 4.79 Å². The molecule has 0 unspecified atom stereocenters. The molecule has 96 valence electrons. The monoisotopic (exact) mass is 249 g/mol. The van der Waals surface area contributed by atoms with E-state index in [2.05, 4.69) is 20.4 Å². The average Bonchev–Trinajstić information content (AvgIpc) is 2.77. The molecule has 18 heavy (non-hydrogen) atoms. The van der Waals surface area contributed by atoms with Crippen molar-refractivity contribution in [2.75, 3.05) is 5.32 Å². The molecule has 0 saturated heterocycles. The zero-order chi connectivity index (χ0) is 13.0. The summed E-state index contributed by atoms with van der Waals surface area (Å²) >= 11 is 0. The van der Waals surface area contributed by atoms with Crippen molar-refractivity contribution in [1.82, 2.24) is 19.7 Å². The molecule has 2 heterocycles. The highest BCUT2D eigenvalue weighted by Crippen LogP contribution is 1.99. The lowest BCUT2D eigenvalue weighted by molar-refractivity contribution is 0.388. The van der Waals surface area contributed by atoms with Crippen molar-refractivity contribution in [2.24, 2.45) is 0 Å². The van der Waals surface area contributed by atoms with Crippen molar-refractivity contribution in [1.29, 1.82) is 0 Å². The molecule has 0 bridgehead atoms. The molecule has 2 rings (SSSR count). The second-order valence-electron chi connectivity index (χ2n) is 3.86. The van der Waals surface area contributed by atoms with E-state index >= 15 is 0 Å². The van der Waals surface area contributed by atoms with E-state index in [1.54, 1.807) is 23.9 Å². The number of anilines is 1. The van der Waals surface area contributed by atoms with Crippen molar-refractivity contribution in [3.05, 3.63) is 34.5 Å². The van der Waals surface area contributed by atoms with Crippen LogP contribution in [0.25, 0.3) is 0 Å². The molecule has 2 aromatic rings. The molecule has 1 N–H and O–H groups in total. The first kappa shape index (κ1) is 12.3. The Labute approximate surface area is 104 Å². The van der Waals surface area contributed by atoms with E-state index in [1.807, 2.05) is 6.92 Å². The minimum absolute atomic E-state index is 0.139. The van der Waals surface area contributed by atoms with Crippen LogP contribution in [0.1, 0.15) is 25.1 Å². The van der Waals surface area contributed by atoms with E-state index in [0.717, 1.165) is 6.42 Å². The summed E-state index contributed by atoms with van der Waals surface area (Å²) in [6.07, 6.45) is 4.17. The van der Waals surface area contributed by atoms with E-state index in [0.29, 0.717) is 30.6 Å². The fraction of sp³-hybridized carbons (Fsp3) is 0.455. The number of rotatable bonds is 5. The third-order valence-corrected chi connectivity index (χ3v) is 2.36. The maximum absolute atomic E-state index is 12.0. The van der Waals surface area contributed by atoms with Gasteiger partial charge in [-0.05, 0) is 6.42 Å². The third kappa shape index (κ3) is 2.73. The molecule has 0 amide bonds. The van der Waals surface area contributed by atoms with Crippen LogP contribution >= 0.6 is 0 Å². The molecule has 0 aliphatic carbocycles. The van der Waals surface area contributed by atoms with Gasteiger partial charge in [-0.1, -0.05) is 12.1 Å². The van der Waals surface area contributed by atoms with Crippen molar-refractivity contribution >= 4 is 5.82 Å². The Bertz CT molecular complexity index is 575. The maximum atomic E-state index is 12.0. The van der Waals surface area contributed by atoms with Crippen LogP contribution in [0.5, 0.6) is 0 Å². The van der Waals surface area contributed by atoms with Crippen LogP contribution in [0.4, 0.5) is 5.82 Å². The topological polar surface area (TPSA) is 85.8 Å². The standard InChI is InChI=1S/C11H15N5O2/c1-3-5-16-6-4-12-10(11(16)17)13-7-9-14-8(2)18-15-9/h4,6H,3,5,7H2,1-2H3,(H,12,13). The summed E-state index contributed by atoms with van der Waals surface area (Å²) in [5.41, 5.74) is -0.139. The molecule has 0 aromatic carbocycles. The summed E-state index contributed by atoms with van der Waals surface area (Å²) < 4.78 is 6.46. The number of aryl methyl sites for hydroxylation is 2. The maximum Gasteiger partial charge on any atom is 0.293 e. The van der Waals surface area contributed by atoms with Crippen LogP contribution in [0.2, 0.25) is 0 Å². The van der Waals surface area contributed by atoms with Crippen molar-refractivity contribution in [3.8, 4) is 0 Å². The fourth-order valence-electron chi connectivity index (χ4n) is 1.56. The Morgan fingerprint density at radius 1 is 1.50 bits per heavy atom. The van der Waals surface area contributed by atoms with Crippen LogP contribution in [0.15, 0.2) is 21.7 Å². The molecule has 2 aromatic heterocycles. The van der Waals surface area contributed by atoms with Crippen LogP contribution in [0, 0.1) is 6.92 Å². The Hall–Kier alpha value is -2.18. The first-order chi connectivity index (χ1) is 8.70. The molecule has 7 heteroatoms. The highest BCUT2D eigenvalue weighted by Gasteiger charge is 2.06. The number of nitrogens with one attached hydrogen (secondary N) is 1. The van der Waals surface area contributed by atoms with Gasteiger partial charge in [0.1, 0.15) is 0 Å². The Morgan fingerprint density at radius 2 is 2.33 bits per heavy atom. The Morgan fingerprint density at radius 3 is 3.00 bits per heavy atom. The van der Waals surface area contributed by atoms with Gasteiger partial charge in [-0.25, -0.2) is 4.98 Å². The molecule has 0 saturated carbocycles. The van der Waals surface area contributed by atoms with E-state index in [1.165, 1.54) is 0 Å². The normalized spacial score (nSPS) is 10.6. The number of hydrogen-bond donors (Lipinski definition) is 1. The van der Waals surface area contributed by atoms with Crippen LogP contribution < -0.4 is 10.9 Å². The molecule has 0 atom stereocenters. The fourth-order valence-corrected chi connectivity index (χ4v) is 1.56. The smallest absolute Gasteiger partial charge is 0.293 e. The predicted octanol–water partition coefficient (Wildman–Crippen LogP) is 0.957. The Kier molecular flexibility index (Phi) is 3.71. The second-order valence-corrected chi connectivity index (χ2v) is 3.86. The molecular weight excluding hydrogens is 234 g/mol. The summed E-state index contributed by atoms with van der Waals surface area (Å²) in [5, 5.41) is 6.65. The van der Waals surface area contributed by atoms with Crippen molar-refractivity contribution in [3.63, 3.8) is 0 Å². The number of nitrogens with zero attached hydrogens (tertiary/aromatic N) is 4. The summed E-state index contributed by atoms with van der Waals surface area (Å²) in [6.45, 7) is 4.72. The molecule has 0 spiro atoms. The number of hydrogen-bond acceptors (Lipinski definition) is 6. The van der Waals surface area contributed by atoms with Gasteiger partial charge in [0.05, 0.1) is 6.54 Å². The summed E-state index contributed by atoms with van der Waals surface area (Å²) in [5.74, 6) is 1.30. The van der Waals surface area contributed by atoms with E-state index in [-0.39, 0.29) is 5.56 Å². The van der Waals surface area contributed by atoms with Gasteiger partial charge in [0, 0.05) is 25.9 Å². The summed E-state index contributed by atoms with van der Waals surface area (Å²) in [4.78, 5) is 20.0. The predicted molar refractivity (Wildman–Crippen MR) is 65.1 cm³/mol. The minimum Gasteiger partial charge on any atom is -0.358 e. The first-order valence-corrected chi connectivity index (χ1v) is 5.79. The number of aromatic nitrogens is 4. The van der Waals surface area contributed by atoms with Crippen LogP contribution in [-0.4, -0.2) is 19.7 Å². The van der Waals surface area contributed by atoms with E-state index in [4.69, 9.17) is 4.52 Å². The Balaban J connectivity index is 2.09. The average molecular weight is 249 g/mol. The van der Waals surface area contributed by atoms with Gasteiger partial charge in [0.2, 0.25) is 5.89 Å². The van der Waals surface area contributed by atoms with Crippen molar-refractivity contribution in [2.45, 2.75) is 33.4 Å². The minimum atomic E-state index is -0.139. The van der Waals surface area contributed by atoms with Gasteiger partial charge < -0.3 is 14.4 Å². The zero-order valence-electron chi connectivity index (χ0n) is 10.4. The summed E-state index contributed by atoms with van der Waals surface area (Å²) in [6, 6.07) is 0.